The van der Waals surface area contributed by atoms with E-state index >= 15 is 0 Å². The van der Waals surface area contributed by atoms with Crippen LogP contribution in [-0.2, 0) is 16.0 Å². The first kappa shape index (κ1) is 20.4. The molecule has 2 aromatic heterocycles. The van der Waals surface area contributed by atoms with Gasteiger partial charge in [-0.05, 0) is 39.3 Å². The van der Waals surface area contributed by atoms with Gasteiger partial charge in [0.1, 0.15) is 17.7 Å². The monoisotopic (exact) mass is 423 g/mol. The van der Waals surface area contributed by atoms with E-state index in [0.717, 1.165) is 40.1 Å². The number of nitrogens with two attached hydrogens (primary N) is 1. The number of aromatic nitrogens is 3. The Balaban J connectivity index is 1.55. The highest BCUT2D eigenvalue weighted by molar-refractivity contribution is 5.88. The lowest BCUT2D eigenvalue weighted by Crippen LogP contribution is -2.35. The van der Waals surface area contributed by atoms with E-state index in [-0.39, 0.29) is 37.3 Å². The molecule has 3 aromatic rings. The van der Waals surface area contributed by atoms with Gasteiger partial charge in [-0.1, -0.05) is 18.2 Å². The molecule has 0 bridgehead atoms. The van der Waals surface area contributed by atoms with Crippen LogP contribution in [-0.4, -0.2) is 50.7 Å². The van der Waals surface area contributed by atoms with E-state index in [1.165, 1.54) is 0 Å². The number of hydrogen-bond acceptors (Lipinski definition) is 7. The minimum Gasteiger partial charge on any atom is -0.396 e. The van der Waals surface area contributed by atoms with Crippen molar-refractivity contribution in [3.63, 3.8) is 0 Å². The first-order valence-electron chi connectivity index (χ1n) is 10.8. The van der Waals surface area contributed by atoms with Gasteiger partial charge in [-0.15, -0.1) is 0 Å². The third-order valence-corrected chi connectivity index (χ3v) is 6.26. The molecule has 8 heteroatoms. The van der Waals surface area contributed by atoms with Gasteiger partial charge in [-0.25, -0.2) is 9.97 Å². The quantitative estimate of drug-likeness (QED) is 0.498. The van der Waals surface area contributed by atoms with E-state index in [4.69, 9.17) is 20.2 Å². The Morgan fingerprint density at radius 1 is 1.23 bits per heavy atom. The van der Waals surface area contributed by atoms with E-state index in [0.29, 0.717) is 5.82 Å². The number of anilines is 1. The number of rotatable bonds is 5. The second kappa shape index (κ2) is 7.56. The van der Waals surface area contributed by atoms with Crippen LogP contribution in [0.4, 0.5) is 5.82 Å². The van der Waals surface area contributed by atoms with E-state index in [1.54, 1.807) is 0 Å². The molecule has 8 nitrogen and oxygen atoms in total. The first-order valence-corrected chi connectivity index (χ1v) is 10.8. The van der Waals surface area contributed by atoms with Gasteiger partial charge in [0.15, 0.2) is 5.79 Å². The van der Waals surface area contributed by atoms with Gasteiger partial charge in [0.05, 0.1) is 35.6 Å². The fourth-order valence-electron chi connectivity index (χ4n) is 4.94. The molecule has 1 aliphatic carbocycles. The average molecular weight is 424 g/mol. The topological polar surface area (TPSA) is 118 Å². The summed E-state index contributed by atoms with van der Waals surface area (Å²) in [5.74, 6) is 0.637. The van der Waals surface area contributed by atoms with Crippen molar-refractivity contribution in [1.29, 1.82) is 0 Å². The van der Waals surface area contributed by atoms with Crippen LogP contribution >= 0.6 is 0 Å². The molecule has 5 N–H and O–H groups in total. The number of nitrogens with one attached hydrogen (secondary N) is 2. The van der Waals surface area contributed by atoms with Gasteiger partial charge in [-0.2, -0.15) is 0 Å². The lowest BCUT2D eigenvalue weighted by Gasteiger charge is -2.25. The fraction of sp³-hybridized carbons (Fsp3) is 0.478. The Morgan fingerprint density at radius 3 is 2.74 bits per heavy atom. The van der Waals surface area contributed by atoms with Crippen LogP contribution in [0.3, 0.4) is 0 Å². The molecule has 0 radical (unpaired) electrons. The molecular weight excluding hydrogens is 394 g/mol. The number of hydrogen-bond donors (Lipinski definition) is 4. The summed E-state index contributed by atoms with van der Waals surface area (Å²) in [5, 5.41) is 14.6. The minimum atomic E-state index is -0.673. The molecule has 4 atom stereocenters. The molecular formula is C23H29N5O3. The van der Waals surface area contributed by atoms with Crippen LogP contribution in [0.25, 0.3) is 22.2 Å². The molecule has 2 fully saturated rings. The lowest BCUT2D eigenvalue weighted by atomic mass is 10.1. The molecule has 31 heavy (non-hydrogen) atoms. The first-order chi connectivity index (χ1) is 14.9. The van der Waals surface area contributed by atoms with Crippen LogP contribution in [0, 0.1) is 12.8 Å². The molecule has 2 aliphatic rings. The number of nitrogens with zero attached hydrogens (tertiary/aromatic N) is 2. The summed E-state index contributed by atoms with van der Waals surface area (Å²) in [6.45, 7) is 6.11. The molecule has 4 unspecified atom stereocenters. The highest BCUT2D eigenvalue weighted by Crippen LogP contribution is 2.43. The number of aromatic amines is 1. The van der Waals surface area contributed by atoms with Gasteiger partial charge in [0.25, 0.3) is 0 Å². The molecule has 0 spiro atoms. The van der Waals surface area contributed by atoms with Crippen LogP contribution in [0.1, 0.15) is 31.8 Å². The Labute approximate surface area is 181 Å². The maximum atomic E-state index is 9.90. The Bertz CT molecular complexity index is 1080. The highest BCUT2D eigenvalue weighted by Gasteiger charge is 2.54. The molecule has 164 valence electrons. The van der Waals surface area contributed by atoms with Crippen molar-refractivity contribution in [2.45, 2.75) is 57.8 Å². The summed E-state index contributed by atoms with van der Waals surface area (Å²) in [6.07, 6.45) is 0.417. The maximum absolute atomic E-state index is 9.90. The van der Waals surface area contributed by atoms with Gasteiger partial charge < -0.3 is 30.6 Å². The van der Waals surface area contributed by atoms with Gasteiger partial charge in [0.2, 0.25) is 0 Å². The number of aliphatic hydroxyl groups is 1. The molecule has 1 aliphatic heterocycles. The van der Waals surface area contributed by atoms with Gasteiger partial charge in [-0.3, -0.25) is 0 Å². The van der Waals surface area contributed by atoms with Crippen molar-refractivity contribution >= 4 is 16.7 Å². The van der Waals surface area contributed by atoms with Crippen molar-refractivity contribution in [1.82, 2.24) is 15.0 Å². The van der Waals surface area contributed by atoms with E-state index < -0.39 is 5.79 Å². The Hall–Kier alpha value is -2.52. The molecule has 1 saturated heterocycles. The zero-order valence-electron chi connectivity index (χ0n) is 18.1. The van der Waals surface area contributed by atoms with Gasteiger partial charge >= 0.3 is 0 Å². The summed E-state index contributed by atoms with van der Waals surface area (Å²) in [4.78, 5) is 12.8. The molecule has 1 saturated carbocycles. The van der Waals surface area contributed by atoms with E-state index in [2.05, 4.69) is 33.5 Å². The number of aliphatic hydroxyl groups excluding tert-OH is 1. The van der Waals surface area contributed by atoms with Crippen molar-refractivity contribution in [2.24, 2.45) is 11.7 Å². The lowest BCUT2D eigenvalue weighted by molar-refractivity contribution is -0.158. The van der Waals surface area contributed by atoms with Crippen molar-refractivity contribution in [3.05, 3.63) is 41.9 Å². The van der Waals surface area contributed by atoms with Crippen molar-refractivity contribution in [3.8, 4) is 11.3 Å². The van der Waals surface area contributed by atoms with E-state index in [1.807, 2.05) is 32.9 Å². The summed E-state index contributed by atoms with van der Waals surface area (Å²) in [6, 6.07) is 10.2. The predicted octanol–water partition coefficient (Wildman–Crippen LogP) is 2.70. The third-order valence-electron chi connectivity index (χ3n) is 6.26. The van der Waals surface area contributed by atoms with Crippen molar-refractivity contribution in [2.75, 3.05) is 11.9 Å². The third kappa shape index (κ3) is 3.59. The predicted molar refractivity (Wildman–Crippen MR) is 118 cm³/mol. The number of para-hydroxylation sites is 1. The van der Waals surface area contributed by atoms with Crippen LogP contribution in [0.5, 0.6) is 0 Å². The largest absolute Gasteiger partial charge is 0.396 e. The van der Waals surface area contributed by atoms with Crippen molar-refractivity contribution < 1.29 is 14.6 Å². The number of ether oxygens (including phenoxy) is 2. The zero-order valence-corrected chi connectivity index (χ0v) is 18.1. The molecule has 5 rings (SSSR count). The molecule has 1 aromatic carbocycles. The zero-order chi connectivity index (χ0) is 21.8. The number of benzene rings is 1. The minimum absolute atomic E-state index is 0.0118. The van der Waals surface area contributed by atoms with E-state index in [9.17, 15) is 5.11 Å². The molecule has 0 amide bonds. The van der Waals surface area contributed by atoms with Gasteiger partial charge in [0, 0.05) is 23.4 Å². The summed E-state index contributed by atoms with van der Waals surface area (Å²) in [5.41, 5.74) is 9.64. The standard InChI is InChI=1S/C23H29N5O3/c1-12-19(16-8-13-6-4-5-7-15(13)26-16)22(28-18(10-24)25-12)27-17-9-14(11-29)20-21(17)31-23(2,3)30-20/h4-8,14,17,20-21,26,29H,9-11,24H2,1-3H3,(H,25,27,28). The summed E-state index contributed by atoms with van der Waals surface area (Å²) < 4.78 is 12.3. The summed E-state index contributed by atoms with van der Waals surface area (Å²) >= 11 is 0. The number of fused-ring (bicyclic) bond motifs is 2. The second-order valence-electron chi connectivity index (χ2n) is 8.92. The number of H-pyrrole nitrogens is 1. The molecule has 3 heterocycles. The average Bonchev–Trinajstić information content (AvgIpc) is 3.38. The Kier molecular flexibility index (Phi) is 4.97. The van der Waals surface area contributed by atoms with Crippen LogP contribution < -0.4 is 11.1 Å². The summed E-state index contributed by atoms with van der Waals surface area (Å²) in [7, 11) is 0. The smallest absolute Gasteiger partial charge is 0.163 e. The second-order valence-corrected chi connectivity index (χ2v) is 8.92. The van der Waals surface area contributed by atoms with Crippen LogP contribution in [0.2, 0.25) is 0 Å². The Morgan fingerprint density at radius 2 is 2.00 bits per heavy atom. The highest BCUT2D eigenvalue weighted by atomic mass is 16.8. The van der Waals surface area contributed by atoms with Crippen LogP contribution in [0.15, 0.2) is 30.3 Å². The maximum Gasteiger partial charge on any atom is 0.163 e. The number of aryl methyl sites for hydroxylation is 1. The fourth-order valence-corrected chi connectivity index (χ4v) is 4.94. The normalized spacial score (nSPS) is 27.0. The SMILES string of the molecule is Cc1nc(CN)nc(NC2CC(CO)C3OC(C)(C)OC23)c1-c1cc2ccccc2[nH]1.